The van der Waals surface area contributed by atoms with Gasteiger partial charge in [0.15, 0.2) is 0 Å². The van der Waals surface area contributed by atoms with E-state index in [1.54, 1.807) is 43.5 Å². The summed E-state index contributed by atoms with van der Waals surface area (Å²) >= 11 is 0. The van der Waals surface area contributed by atoms with Gasteiger partial charge in [0.2, 0.25) is 5.43 Å². The Labute approximate surface area is 132 Å². The topological polar surface area (TPSA) is 84.2 Å². The lowest BCUT2D eigenvalue weighted by molar-refractivity contribution is 0.0525. The van der Waals surface area contributed by atoms with Crippen molar-refractivity contribution in [3.05, 3.63) is 52.3 Å². The molecule has 3 aromatic rings. The van der Waals surface area contributed by atoms with Gasteiger partial charge in [-0.1, -0.05) is 6.07 Å². The van der Waals surface area contributed by atoms with Crippen molar-refractivity contribution in [3.63, 3.8) is 0 Å². The largest absolute Gasteiger partial charge is 0.496 e. The van der Waals surface area contributed by atoms with Gasteiger partial charge in [0.05, 0.1) is 36.0 Å². The standard InChI is InChI=1S/C17H16N2O4/c1-3-23-17(21)14-15(11-7-5-9-18-11)19-10-6-4-8-12(22-2)13(10)16(14)20/h4-9,18H,3H2,1-2H3,(H,19,20). The Balaban J connectivity index is 2.40. The van der Waals surface area contributed by atoms with Crippen LogP contribution in [0.1, 0.15) is 17.3 Å². The maximum absolute atomic E-state index is 12.9. The number of carbonyl (C=O) groups is 1. The number of ether oxygens (including phenoxy) is 2. The molecule has 6 heteroatoms. The van der Waals surface area contributed by atoms with Gasteiger partial charge >= 0.3 is 5.97 Å². The lowest BCUT2D eigenvalue weighted by Crippen LogP contribution is -2.21. The number of aromatic amines is 2. The third kappa shape index (κ3) is 2.48. The molecular formula is C17H16N2O4. The Hall–Kier alpha value is -3.02. The molecule has 2 heterocycles. The highest BCUT2D eigenvalue weighted by Crippen LogP contribution is 2.26. The first kappa shape index (κ1) is 14.9. The molecule has 2 N–H and O–H groups in total. The lowest BCUT2D eigenvalue weighted by atomic mass is 10.1. The molecule has 0 spiro atoms. The molecular weight excluding hydrogens is 296 g/mol. The highest BCUT2D eigenvalue weighted by molar-refractivity contribution is 6.01. The van der Waals surface area contributed by atoms with Crippen LogP contribution >= 0.6 is 0 Å². The Morgan fingerprint density at radius 1 is 1.22 bits per heavy atom. The molecule has 0 amide bonds. The molecule has 23 heavy (non-hydrogen) atoms. The van der Waals surface area contributed by atoms with E-state index in [2.05, 4.69) is 9.97 Å². The highest BCUT2D eigenvalue weighted by Gasteiger charge is 2.23. The van der Waals surface area contributed by atoms with Crippen LogP contribution in [0.25, 0.3) is 22.3 Å². The second kappa shape index (κ2) is 6.00. The quantitative estimate of drug-likeness (QED) is 0.725. The number of pyridine rings is 1. The number of hydrogen-bond donors (Lipinski definition) is 2. The molecule has 0 aliphatic rings. The zero-order valence-electron chi connectivity index (χ0n) is 12.8. The van der Waals surface area contributed by atoms with Crippen LogP contribution in [0.2, 0.25) is 0 Å². The first-order chi connectivity index (χ1) is 11.2. The number of rotatable bonds is 4. The summed E-state index contributed by atoms with van der Waals surface area (Å²) in [6, 6.07) is 8.79. The molecule has 0 saturated carbocycles. The average Bonchev–Trinajstić information content (AvgIpc) is 3.08. The number of methoxy groups -OCH3 is 1. The lowest BCUT2D eigenvalue weighted by Gasteiger charge is -2.11. The Morgan fingerprint density at radius 2 is 2.04 bits per heavy atom. The molecule has 118 valence electrons. The minimum absolute atomic E-state index is 0.0358. The van der Waals surface area contributed by atoms with Crippen molar-refractivity contribution in [1.29, 1.82) is 0 Å². The van der Waals surface area contributed by atoms with E-state index in [4.69, 9.17) is 9.47 Å². The van der Waals surface area contributed by atoms with Gasteiger partial charge in [-0.05, 0) is 31.2 Å². The molecule has 0 fully saturated rings. The van der Waals surface area contributed by atoms with E-state index < -0.39 is 11.4 Å². The van der Waals surface area contributed by atoms with Crippen LogP contribution in [-0.2, 0) is 4.74 Å². The summed E-state index contributed by atoms with van der Waals surface area (Å²) in [6.45, 7) is 1.88. The number of nitrogens with one attached hydrogen (secondary N) is 2. The Bertz CT molecular complexity index is 910. The number of hydrogen-bond acceptors (Lipinski definition) is 4. The van der Waals surface area contributed by atoms with Crippen LogP contribution in [-0.4, -0.2) is 29.7 Å². The first-order valence-electron chi connectivity index (χ1n) is 7.21. The second-order valence-electron chi connectivity index (χ2n) is 4.89. The van der Waals surface area contributed by atoms with Crippen LogP contribution in [0.15, 0.2) is 41.3 Å². The van der Waals surface area contributed by atoms with E-state index in [1.807, 2.05) is 0 Å². The molecule has 1 aromatic carbocycles. The van der Waals surface area contributed by atoms with E-state index in [0.29, 0.717) is 28.0 Å². The predicted molar refractivity (Wildman–Crippen MR) is 86.9 cm³/mol. The maximum atomic E-state index is 12.9. The normalized spacial score (nSPS) is 10.7. The zero-order valence-corrected chi connectivity index (χ0v) is 12.8. The fourth-order valence-electron chi connectivity index (χ4n) is 2.56. The summed E-state index contributed by atoms with van der Waals surface area (Å²) in [5, 5.41) is 0.327. The van der Waals surface area contributed by atoms with Crippen molar-refractivity contribution >= 4 is 16.9 Å². The van der Waals surface area contributed by atoms with Gasteiger partial charge in [0.1, 0.15) is 11.3 Å². The van der Waals surface area contributed by atoms with Crippen molar-refractivity contribution in [3.8, 4) is 17.1 Å². The maximum Gasteiger partial charge on any atom is 0.344 e. The average molecular weight is 312 g/mol. The number of esters is 1. The third-order valence-electron chi connectivity index (χ3n) is 3.56. The number of H-pyrrole nitrogens is 2. The molecule has 0 saturated heterocycles. The number of aromatic nitrogens is 2. The van der Waals surface area contributed by atoms with Gasteiger partial charge in [-0.25, -0.2) is 4.79 Å². The molecule has 2 aromatic heterocycles. The molecule has 0 bridgehead atoms. The zero-order chi connectivity index (χ0) is 16.4. The van der Waals surface area contributed by atoms with E-state index >= 15 is 0 Å². The summed E-state index contributed by atoms with van der Waals surface area (Å²) in [5.41, 5.74) is 1.17. The van der Waals surface area contributed by atoms with E-state index in [0.717, 1.165) is 0 Å². The predicted octanol–water partition coefficient (Wildman–Crippen LogP) is 2.71. The molecule has 0 aliphatic carbocycles. The van der Waals surface area contributed by atoms with Crippen molar-refractivity contribution < 1.29 is 14.3 Å². The molecule has 0 unspecified atom stereocenters. The minimum Gasteiger partial charge on any atom is -0.496 e. The van der Waals surface area contributed by atoms with Crippen molar-refractivity contribution in [2.24, 2.45) is 0 Å². The van der Waals surface area contributed by atoms with Gasteiger partial charge in [-0.2, -0.15) is 0 Å². The van der Waals surface area contributed by atoms with Crippen LogP contribution in [0, 0.1) is 0 Å². The second-order valence-corrected chi connectivity index (χ2v) is 4.89. The summed E-state index contributed by atoms with van der Waals surface area (Å²) in [4.78, 5) is 31.4. The van der Waals surface area contributed by atoms with Crippen LogP contribution < -0.4 is 10.2 Å². The Morgan fingerprint density at radius 3 is 2.70 bits per heavy atom. The van der Waals surface area contributed by atoms with Crippen LogP contribution in [0.4, 0.5) is 0 Å². The summed E-state index contributed by atoms with van der Waals surface area (Å²) in [7, 11) is 1.48. The minimum atomic E-state index is -0.661. The molecule has 3 rings (SSSR count). The first-order valence-corrected chi connectivity index (χ1v) is 7.21. The van der Waals surface area contributed by atoms with Crippen molar-refractivity contribution in [2.75, 3.05) is 13.7 Å². The van der Waals surface area contributed by atoms with Gasteiger partial charge in [-0.15, -0.1) is 0 Å². The summed E-state index contributed by atoms with van der Waals surface area (Å²) < 4.78 is 10.3. The number of benzene rings is 1. The Kier molecular flexibility index (Phi) is 3.89. The van der Waals surface area contributed by atoms with Crippen LogP contribution in [0.3, 0.4) is 0 Å². The van der Waals surface area contributed by atoms with Crippen molar-refractivity contribution in [2.45, 2.75) is 6.92 Å². The van der Waals surface area contributed by atoms with E-state index in [9.17, 15) is 9.59 Å². The third-order valence-corrected chi connectivity index (χ3v) is 3.56. The fraction of sp³-hybridized carbons (Fsp3) is 0.176. The number of carbonyl (C=O) groups excluding carboxylic acids is 1. The molecule has 6 nitrogen and oxygen atoms in total. The van der Waals surface area contributed by atoms with Gasteiger partial charge in [0, 0.05) is 6.20 Å². The van der Waals surface area contributed by atoms with Crippen molar-refractivity contribution in [1.82, 2.24) is 9.97 Å². The van der Waals surface area contributed by atoms with Gasteiger partial charge in [-0.3, -0.25) is 4.79 Å². The van der Waals surface area contributed by atoms with E-state index in [1.165, 1.54) is 7.11 Å². The highest BCUT2D eigenvalue weighted by atomic mass is 16.5. The van der Waals surface area contributed by atoms with Crippen LogP contribution in [0.5, 0.6) is 5.75 Å². The SMILES string of the molecule is CCOC(=O)c1c(-c2ccc[nH]2)[nH]c2cccc(OC)c2c1=O. The summed E-state index contributed by atoms with van der Waals surface area (Å²) in [5.74, 6) is -0.251. The molecule has 0 aliphatic heterocycles. The van der Waals surface area contributed by atoms with Gasteiger partial charge in [0.25, 0.3) is 0 Å². The molecule has 0 atom stereocenters. The van der Waals surface area contributed by atoms with Gasteiger partial charge < -0.3 is 19.4 Å². The fourth-order valence-corrected chi connectivity index (χ4v) is 2.56. The monoisotopic (exact) mass is 312 g/mol. The number of fused-ring (bicyclic) bond motifs is 1. The van der Waals surface area contributed by atoms with E-state index in [-0.39, 0.29) is 12.2 Å². The summed E-state index contributed by atoms with van der Waals surface area (Å²) in [6.07, 6.45) is 1.72. The molecule has 0 radical (unpaired) electrons. The smallest absolute Gasteiger partial charge is 0.344 e.